The van der Waals surface area contributed by atoms with Gasteiger partial charge in [-0.15, -0.1) is 0 Å². The van der Waals surface area contributed by atoms with Gasteiger partial charge in [0, 0.05) is 19.0 Å². The number of carbonyl (C=O) groups is 3. The van der Waals surface area contributed by atoms with Crippen molar-refractivity contribution in [3.8, 4) is 11.1 Å². The lowest BCUT2D eigenvalue weighted by Gasteiger charge is -2.38. The zero-order valence-corrected chi connectivity index (χ0v) is 19.7. The Morgan fingerprint density at radius 1 is 1.00 bits per heavy atom. The molecule has 3 N–H and O–H groups in total. The van der Waals surface area contributed by atoms with Crippen LogP contribution in [0.1, 0.15) is 50.2 Å². The fraction of sp³-hybridized carbons (Fsp3) is 0.444. The number of carboxylic acid groups (broad SMARTS) is 1. The molecule has 0 radical (unpaired) electrons. The Morgan fingerprint density at radius 3 is 2.09 bits per heavy atom. The Kier molecular flexibility index (Phi) is 6.91. The fourth-order valence-corrected chi connectivity index (χ4v) is 4.93. The molecule has 4 rings (SSSR count). The number of alkyl carbamates (subject to hydrolysis) is 1. The van der Waals surface area contributed by atoms with Crippen molar-refractivity contribution in [2.45, 2.75) is 39.0 Å². The fourth-order valence-electron chi connectivity index (χ4n) is 4.93. The van der Waals surface area contributed by atoms with E-state index >= 15 is 0 Å². The van der Waals surface area contributed by atoms with E-state index < -0.39 is 23.4 Å². The quantitative estimate of drug-likeness (QED) is 0.517. The van der Waals surface area contributed by atoms with E-state index in [4.69, 9.17) is 4.74 Å². The van der Waals surface area contributed by atoms with Gasteiger partial charge < -0.3 is 20.5 Å². The lowest BCUT2D eigenvalue weighted by Crippen LogP contribution is -2.50. The topological polar surface area (TPSA) is 105 Å². The highest BCUT2D eigenvalue weighted by atomic mass is 16.5. The van der Waals surface area contributed by atoms with Crippen molar-refractivity contribution in [1.29, 1.82) is 0 Å². The monoisotopic (exact) mass is 464 g/mol. The Hall–Kier alpha value is -3.35. The molecule has 1 fully saturated rings. The average molecular weight is 465 g/mol. The van der Waals surface area contributed by atoms with Gasteiger partial charge in [0.1, 0.15) is 6.61 Å². The maximum atomic E-state index is 12.8. The summed E-state index contributed by atoms with van der Waals surface area (Å²) in [5.41, 5.74) is 3.75. The molecule has 0 aromatic heterocycles. The second-order valence-corrected chi connectivity index (χ2v) is 9.71. The minimum absolute atomic E-state index is 0.0305. The molecule has 2 aromatic carbocycles. The summed E-state index contributed by atoms with van der Waals surface area (Å²) >= 11 is 0. The van der Waals surface area contributed by atoms with Crippen LogP contribution in [0.2, 0.25) is 0 Å². The van der Waals surface area contributed by atoms with Gasteiger partial charge in [-0.2, -0.15) is 0 Å². The molecule has 0 heterocycles. The summed E-state index contributed by atoms with van der Waals surface area (Å²) in [4.78, 5) is 36.8. The third kappa shape index (κ3) is 4.65. The van der Waals surface area contributed by atoms with E-state index in [1.165, 1.54) is 0 Å². The van der Waals surface area contributed by atoms with Crippen LogP contribution >= 0.6 is 0 Å². The van der Waals surface area contributed by atoms with Crippen LogP contribution < -0.4 is 10.6 Å². The number of amides is 2. The first-order valence-corrected chi connectivity index (χ1v) is 11.9. The summed E-state index contributed by atoms with van der Waals surface area (Å²) in [5, 5.41) is 15.0. The van der Waals surface area contributed by atoms with Crippen LogP contribution in [-0.4, -0.2) is 42.8 Å². The summed E-state index contributed by atoms with van der Waals surface area (Å²) in [5.74, 6) is -1.65. The Labute approximate surface area is 199 Å². The number of benzene rings is 2. The first-order chi connectivity index (χ1) is 16.3. The highest BCUT2D eigenvalue weighted by Crippen LogP contribution is 2.44. The van der Waals surface area contributed by atoms with Crippen LogP contribution in [0, 0.1) is 17.3 Å². The molecular formula is C27H32N2O5. The van der Waals surface area contributed by atoms with Gasteiger partial charge >= 0.3 is 12.1 Å². The largest absolute Gasteiger partial charge is 0.481 e. The molecule has 1 unspecified atom stereocenters. The summed E-state index contributed by atoms with van der Waals surface area (Å²) < 4.78 is 5.56. The molecule has 2 aromatic rings. The molecule has 7 heteroatoms. The summed E-state index contributed by atoms with van der Waals surface area (Å²) in [7, 11) is 0. The molecule has 0 spiro atoms. The van der Waals surface area contributed by atoms with Gasteiger partial charge in [-0.25, -0.2) is 4.79 Å². The van der Waals surface area contributed by atoms with Crippen LogP contribution in [0.25, 0.3) is 11.1 Å². The smallest absolute Gasteiger partial charge is 0.407 e. The number of aliphatic carboxylic acids is 1. The Balaban J connectivity index is 1.31. The molecule has 34 heavy (non-hydrogen) atoms. The summed E-state index contributed by atoms with van der Waals surface area (Å²) in [6.07, 6.45) is 1.44. The zero-order chi connectivity index (χ0) is 24.3. The first kappa shape index (κ1) is 23.8. The van der Waals surface area contributed by atoms with Crippen LogP contribution in [0.15, 0.2) is 48.5 Å². The number of nitrogens with one attached hydrogen (secondary N) is 2. The van der Waals surface area contributed by atoms with Crippen LogP contribution in [-0.2, 0) is 14.3 Å². The van der Waals surface area contributed by atoms with Crippen molar-refractivity contribution in [2.75, 3.05) is 19.7 Å². The second-order valence-electron chi connectivity index (χ2n) is 9.71. The van der Waals surface area contributed by atoms with Gasteiger partial charge in [-0.3, -0.25) is 9.59 Å². The van der Waals surface area contributed by atoms with Crippen molar-refractivity contribution in [3.05, 3.63) is 59.7 Å². The molecule has 2 amide bonds. The third-order valence-electron chi connectivity index (χ3n) is 7.32. The van der Waals surface area contributed by atoms with E-state index in [9.17, 15) is 19.5 Å². The highest BCUT2D eigenvalue weighted by Gasteiger charge is 2.44. The lowest BCUT2D eigenvalue weighted by molar-refractivity contribution is -0.154. The van der Waals surface area contributed by atoms with Gasteiger partial charge in [-0.1, -0.05) is 68.8 Å². The average Bonchev–Trinajstić information content (AvgIpc) is 3.10. The first-order valence-electron chi connectivity index (χ1n) is 11.9. The van der Waals surface area contributed by atoms with E-state index in [2.05, 4.69) is 34.9 Å². The molecule has 0 aliphatic heterocycles. The number of carboxylic acids is 1. The van der Waals surface area contributed by atoms with E-state index in [1.807, 2.05) is 38.1 Å². The van der Waals surface area contributed by atoms with Crippen molar-refractivity contribution in [2.24, 2.45) is 17.3 Å². The van der Waals surface area contributed by atoms with Crippen molar-refractivity contribution < 1.29 is 24.2 Å². The molecular weight excluding hydrogens is 432 g/mol. The molecule has 180 valence electrons. The molecule has 0 bridgehead atoms. The molecule has 7 nitrogen and oxygen atoms in total. The minimum Gasteiger partial charge on any atom is -0.481 e. The van der Waals surface area contributed by atoms with Gasteiger partial charge in [0.2, 0.25) is 5.91 Å². The van der Waals surface area contributed by atoms with Crippen molar-refractivity contribution >= 4 is 18.0 Å². The van der Waals surface area contributed by atoms with Gasteiger partial charge in [0.05, 0.1) is 11.3 Å². The predicted octanol–water partition coefficient (Wildman–Crippen LogP) is 4.17. The predicted molar refractivity (Wildman–Crippen MR) is 128 cm³/mol. The number of ether oxygens (including phenoxy) is 1. The number of fused-ring (bicyclic) bond motifs is 3. The van der Waals surface area contributed by atoms with E-state index in [0.717, 1.165) is 28.7 Å². The van der Waals surface area contributed by atoms with Crippen LogP contribution in [0.4, 0.5) is 4.79 Å². The molecule has 0 saturated heterocycles. The van der Waals surface area contributed by atoms with Gasteiger partial charge in [-0.05, 0) is 41.0 Å². The highest BCUT2D eigenvalue weighted by molar-refractivity contribution is 5.82. The number of hydrogen-bond donors (Lipinski definition) is 3. The summed E-state index contributed by atoms with van der Waals surface area (Å²) in [6, 6.07) is 16.3. The van der Waals surface area contributed by atoms with E-state index in [-0.39, 0.29) is 37.4 Å². The number of carbonyl (C=O) groups excluding carboxylic acids is 2. The van der Waals surface area contributed by atoms with Gasteiger partial charge in [0.15, 0.2) is 0 Å². The molecule has 2 aliphatic rings. The van der Waals surface area contributed by atoms with Crippen molar-refractivity contribution in [3.63, 3.8) is 0 Å². The third-order valence-corrected chi connectivity index (χ3v) is 7.32. The zero-order valence-electron chi connectivity index (χ0n) is 19.7. The molecule has 1 atom stereocenters. The van der Waals surface area contributed by atoms with Crippen LogP contribution in [0.3, 0.4) is 0 Å². The molecule has 1 saturated carbocycles. The minimum atomic E-state index is -0.864. The van der Waals surface area contributed by atoms with E-state index in [0.29, 0.717) is 12.8 Å². The second kappa shape index (κ2) is 9.87. The maximum Gasteiger partial charge on any atom is 0.407 e. The van der Waals surface area contributed by atoms with Crippen molar-refractivity contribution in [1.82, 2.24) is 10.6 Å². The van der Waals surface area contributed by atoms with E-state index in [1.54, 1.807) is 0 Å². The SMILES string of the molecule is CC(C)C(CNC(=O)OCC1c2ccccc2-c2ccccc21)C(=O)NCC1(C(=O)O)CCC1. The number of hydrogen-bond acceptors (Lipinski definition) is 4. The number of rotatable bonds is 9. The standard InChI is InChI=1S/C27H32N2O5/c1-17(2)22(24(30)29-16-27(25(31)32)12-7-13-27)14-28-26(33)34-15-23-20-10-5-3-8-18(20)19-9-4-6-11-21(19)23/h3-6,8-11,17,22-23H,7,12-16H2,1-2H3,(H,28,33)(H,29,30)(H,31,32). The van der Waals surface area contributed by atoms with Crippen LogP contribution in [0.5, 0.6) is 0 Å². The normalized spacial score (nSPS) is 16.7. The maximum absolute atomic E-state index is 12.8. The Bertz CT molecular complexity index is 1030. The summed E-state index contributed by atoms with van der Waals surface area (Å²) in [6.45, 7) is 4.26. The molecule has 2 aliphatic carbocycles. The lowest BCUT2D eigenvalue weighted by atomic mass is 9.68. The van der Waals surface area contributed by atoms with Gasteiger partial charge in [0.25, 0.3) is 0 Å². The Morgan fingerprint density at radius 2 is 1.59 bits per heavy atom.